The number of nitrogens with one attached hydrogen (secondary N) is 2. The van der Waals surface area contributed by atoms with E-state index in [1.807, 2.05) is 40.0 Å². The lowest BCUT2D eigenvalue weighted by Gasteiger charge is -2.15. The quantitative estimate of drug-likeness (QED) is 0.453. The van der Waals surface area contributed by atoms with Gasteiger partial charge in [0.25, 0.3) is 0 Å². The SMILES string of the molecule is CC(C)Nc1nc(NC(C)C)nc(N(C#N)CC#N)n1. The van der Waals surface area contributed by atoms with Crippen molar-refractivity contribution >= 4 is 17.8 Å². The highest BCUT2D eigenvalue weighted by Crippen LogP contribution is 2.14. The van der Waals surface area contributed by atoms with Gasteiger partial charge >= 0.3 is 0 Å². The van der Waals surface area contributed by atoms with Crippen molar-refractivity contribution in [3.05, 3.63) is 0 Å². The van der Waals surface area contributed by atoms with E-state index in [1.54, 1.807) is 0 Å². The summed E-state index contributed by atoms with van der Waals surface area (Å²) >= 11 is 0. The highest BCUT2D eigenvalue weighted by Gasteiger charge is 2.14. The summed E-state index contributed by atoms with van der Waals surface area (Å²) in [5, 5.41) is 23.9. The third kappa shape index (κ3) is 4.58. The van der Waals surface area contributed by atoms with Crippen molar-refractivity contribution in [2.45, 2.75) is 39.8 Å². The van der Waals surface area contributed by atoms with E-state index in [2.05, 4.69) is 25.6 Å². The Morgan fingerprint density at radius 3 is 1.85 bits per heavy atom. The Bertz CT molecular complexity index is 497. The van der Waals surface area contributed by atoms with Crippen molar-refractivity contribution < 1.29 is 0 Å². The van der Waals surface area contributed by atoms with Crippen LogP contribution in [0.15, 0.2) is 0 Å². The van der Waals surface area contributed by atoms with Crippen molar-refractivity contribution in [3.63, 3.8) is 0 Å². The number of hydrogen-bond donors (Lipinski definition) is 2. The third-order valence-corrected chi connectivity index (χ3v) is 2.05. The molecule has 0 saturated carbocycles. The smallest absolute Gasteiger partial charge is 0.246 e. The predicted octanol–water partition coefficient (Wildman–Crippen LogP) is 1.32. The molecule has 0 aliphatic carbocycles. The van der Waals surface area contributed by atoms with E-state index in [4.69, 9.17) is 10.5 Å². The minimum Gasteiger partial charge on any atom is -0.352 e. The average molecular weight is 274 g/mol. The molecule has 0 aliphatic heterocycles. The minimum atomic E-state index is -0.108. The largest absolute Gasteiger partial charge is 0.352 e. The van der Waals surface area contributed by atoms with E-state index in [9.17, 15) is 0 Å². The molecule has 0 unspecified atom stereocenters. The summed E-state index contributed by atoms with van der Waals surface area (Å²) < 4.78 is 0. The Hall–Kier alpha value is -2.61. The summed E-state index contributed by atoms with van der Waals surface area (Å²) in [6.07, 6.45) is 1.88. The second kappa shape index (κ2) is 7.10. The second-order valence-corrected chi connectivity index (χ2v) is 4.72. The maximum absolute atomic E-state index is 9.04. The molecule has 0 saturated heterocycles. The van der Waals surface area contributed by atoms with Gasteiger partial charge in [0.2, 0.25) is 17.8 Å². The van der Waals surface area contributed by atoms with Gasteiger partial charge < -0.3 is 10.6 Å². The monoisotopic (exact) mass is 274 g/mol. The van der Waals surface area contributed by atoms with Gasteiger partial charge in [-0.1, -0.05) is 0 Å². The van der Waals surface area contributed by atoms with Crippen LogP contribution in [0, 0.1) is 22.8 Å². The maximum atomic E-state index is 9.04. The molecule has 0 atom stereocenters. The first-order valence-corrected chi connectivity index (χ1v) is 6.29. The van der Waals surface area contributed by atoms with Crippen molar-refractivity contribution in [1.29, 1.82) is 10.5 Å². The van der Waals surface area contributed by atoms with Crippen LogP contribution in [0.4, 0.5) is 17.8 Å². The molecule has 1 aromatic heterocycles. The molecule has 0 spiro atoms. The molecule has 2 N–H and O–H groups in total. The molecule has 1 rings (SSSR count). The van der Waals surface area contributed by atoms with Gasteiger partial charge in [0.15, 0.2) is 6.19 Å². The van der Waals surface area contributed by atoms with Crippen LogP contribution in [0.1, 0.15) is 27.7 Å². The number of hydrogen-bond acceptors (Lipinski definition) is 8. The van der Waals surface area contributed by atoms with E-state index in [-0.39, 0.29) is 24.6 Å². The Balaban J connectivity index is 3.15. The third-order valence-electron chi connectivity index (χ3n) is 2.05. The fourth-order valence-electron chi connectivity index (χ4n) is 1.35. The minimum absolute atomic E-state index is 0.108. The second-order valence-electron chi connectivity index (χ2n) is 4.72. The summed E-state index contributed by atoms with van der Waals surface area (Å²) in [7, 11) is 0. The fourth-order valence-corrected chi connectivity index (χ4v) is 1.35. The zero-order chi connectivity index (χ0) is 15.1. The van der Waals surface area contributed by atoms with Gasteiger partial charge in [0.05, 0.1) is 6.07 Å². The van der Waals surface area contributed by atoms with E-state index in [0.717, 1.165) is 4.90 Å². The van der Waals surface area contributed by atoms with E-state index in [1.165, 1.54) is 0 Å². The summed E-state index contributed by atoms with van der Waals surface area (Å²) in [4.78, 5) is 13.6. The predicted molar refractivity (Wildman–Crippen MR) is 75.9 cm³/mol. The number of nitriles is 2. The van der Waals surface area contributed by atoms with Crippen LogP contribution in [0.3, 0.4) is 0 Å². The lowest BCUT2D eigenvalue weighted by molar-refractivity contribution is 0.838. The molecular formula is C12H18N8. The Morgan fingerprint density at radius 1 is 1.00 bits per heavy atom. The standard InChI is InChI=1S/C12H18N8/c1-8(2)15-10-17-11(16-9(3)4)19-12(18-10)20(7-14)6-5-13/h8-9H,6H2,1-4H3,(H2,15,16,17,18,19). The van der Waals surface area contributed by atoms with Gasteiger partial charge in [0, 0.05) is 12.1 Å². The first-order chi connectivity index (χ1) is 9.46. The lowest BCUT2D eigenvalue weighted by Crippen LogP contribution is -2.23. The molecule has 0 radical (unpaired) electrons. The molecule has 0 aliphatic rings. The van der Waals surface area contributed by atoms with Gasteiger partial charge in [-0.3, -0.25) is 0 Å². The van der Waals surface area contributed by atoms with Gasteiger partial charge in [0.1, 0.15) is 6.54 Å². The van der Waals surface area contributed by atoms with Crippen LogP contribution < -0.4 is 15.5 Å². The Labute approximate surface area is 118 Å². The number of nitrogens with zero attached hydrogens (tertiary/aromatic N) is 6. The number of rotatable bonds is 6. The van der Waals surface area contributed by atoms with Crippen LogP contribution in [0.25, 0.3) is 0 Å². The van der Waals surface area contributed by atoms with Crippen LogP contribution in [-0.2, 0) is 0 Å². The van der Waals surface area contributed by atoms with Gasteiger partial charge in [-0.25, -0.2) is 4.90 Å². The van der Waals surface area contributed by atoms with Crippen LogP contribution in [0.2, 0.25) is 0 Å². The summed E-state index contributed by atoms with van der Waals surface area (Å²) in [5.74, 6) is 0.882. The summed E-state index contributed by atoms with van der Waals surface area (Å²) in [6, 6.07) is 2.18. The molecule has 0 bridgehead atoms. The lowest BCUT2D eigenvalue weighted by atomic mass is 10.4. The molecule has 8 nitrogen and oxygen atoms in total. The summed E-state index contributed by atoms with van der Waals surface area (Å²) in [5.41, 5.74) is 0. The molecule has 1 aromatic rings. The normalized spacial score (nSPS) is 10.0. The molecular weight excluding hydrogens is 256 g/mol. The van der Waals surface area contributed by atoms with Crippen molar-refractivity contribution in [2.24, 2.45) is 0 Å². The zero-order valence-electron chi connectivity index (χ0n) is 12.0. The average Bonchev–Trinajstić information content (AvgIpc) is 2.33. The van der Waals surface area contributed by atoms with Crippen LogP contribution in [0.5, 0.6) is 0 Å². The van der Waals surface area contributed by atoms with E-state index < -0.39 is 0 Å². The first kappa shape index (κ1) is 15.4. The van der Waals surface area contributed by atoms with Crippen molar-refractivity contribution in [3.8, 4) is 12.3 Å². The Morgan fingerprint density at radius 2 is 1.50 bits per heavy atom. The number of aromatic nitrogens is 3. The van der Waals surface area contributed by atoms with Crippen molar-refractivity contribution in [1.82, 2.24) is 15.0 Å². The van der Waals surface area contributed by atoms with Gasteiger partial charge in [-0.05, 0) is 27.7 Å². The summed E-state index contributed by atoms with van der Waals surface area (Å²) in [6.45, 7) is 7.71. The van der Waals surface area contributed by atoms with Gasteiger partial charge in [-0.2, -0.15) is 25.5 Å². The molecule has 1 heterocycles. The highest BCUT2D eigenvalue weighted by atomic mass is 15.3. The molecule has 20 heavy (non-hydrogen) atoms. The van der Waals surface area contributed by atoms with Crippen LogP contribution >= 0.6 is 0 Å². The van der Waals surface area contributed by atoms with Crippen LogP contribution in [-0.4, -0.2) is 33.6 Å². The Kier molecular flexibility index (Phi) is 5.48. The zero-order valence-corrected chi connectivity index (χ0v) is 12.0. The first-order valence-electron chi connectivity index (χ1n) is 6.29. The highest BCUT2D eigenvalue weighted by molar-refractivity contribution is 5.47. The van der Waals surface area contributed by atoms with Crippen molar-refractivity contribution in [2.75, 3.05) is 22.1 Å². The maximum Gasteiger partial charge on any atom is 0.246 e. The molecule has 8 heteroatoms. The molecule has 0 aromatic carbocycles. The van der Waals surface area contributed by atoms with E-state index in [0.29, 0.717) is 11.9 Å². The molecule has 0 amide bonds. The number of anilines is 3. The fraction of sp³-hybridized carbons (Fsp3) is 0.583. The van der Waals surface area contributed by atoms with Gasteiger partial charge in [-0.15, -0.1) is 0 Å². The topological polar surface area (TPSA) is 114 Å². The van der Waals surface area contributed by atoms with E-state index >= 15 is 0 Å². The molecule has 106 valence electrons. The molecule has 0 fully saturated rings.